The van der Waals surface area contributed by atoms with Crippen LogP contribution in [0.3, 0.4) is 0 Å². The van der Waals surface area contributed by atoms with E-state index in [1.54, 1.807) is 18.2 Å². The van der Waals surface area contributed by atoms with Gasteiger partial charge in [-0.05, 0) is 44.0 Å². The topological polar surface area (TPSA) is 111 Å². The predicted molar refractivity (Wildman–Crippen MR) is 85.1 cm³/mol. The second-order valence-electron chi connectivity index (χ2n) is 3.93. The van der Waals surface area contributed by atoms with Crippen LogP contribution in [0.2, 0.25) is 0 Å². The van der Waals surface area contributed by atoms with Gasteiger partial charge in [0.25, 0.3) is 11.6 Å². The number of para-hydroxylation sites is 1. The highest BCUT2D eigenvalue weighted by atomic mass is 79.9. The molecule has 108 valence electrons. The van der Waals surface area contributed by atoms with Crippen LogP contribution < -0.4 is 11.1 Å². The number of halogens is 2. The Kier molecular flexibility index (Phi) is 4.53. The predicted octanol–water partition coefficient (Wildman–Crippen LogP) is 3.35. The number of nitrogens with one attached hydrogen (secondary N) is 1. The highest BCUT2D eigenvalue weighted by molar-refractivity contribution is 9.11. The molecule has 0 spiro atoms. The summed E-state index contributed by atoms with van der Waals surface area (Å²) in [4.78, 5) is 26.0. The molecule has 2 rings (SSSR count). The summed E-state index contributed by atoms with van der Waals surface area (Å²) < 4.78 is 1.31. The normalized spacial score (nSPS) is 10.2. The van der Waals surface area contributed by atoms with Gasteiger partial charge in [-0.15, -0.1) is 0 Å². The molecule has 0 saturated heterocycles. The van der Waals surface area contributed by atoms with Crippen molar-refractivity contribution in [2.45, 2.75) is 0 Å². The molecule has 2 aromatic rings. The number of hydrogen-bond acceptors (Lipinski definition) is 5. The van der Waals surface area contributed by atoms with Crippen LogP contribution in [0, 0.1) is 10.1 Å². The smallest absolute Gasteiger partial charge is 0.288 e. The number of rotatable bonds is 3. The van der Waals surface area contributed by atoms with E-state index >= 15 is 0 Å². The highest BCUT2D eigenvalue weighted by Crippen LogP contribution is 2.31. The van der Waals surface area contributed by atoms with Crippen LogP contribution in [0.15, 0.2) is 39.4 Å². The van der Waals surface area contributed by atoms with Crippen molar-refractivity contribution < 1.29 is 9.72 Å². The lowest BCUT2D eigenvalue weighted by molar-refractivity contribution is -0.385. The third-order valence-corrected chi connectivity index (χ3v) is 3.88. The summed E-state index contributed by atoms with van der Waals surface area (Å²) in [7, 11) is 0. The number of amides is 1. The van der Waals surface area contributed by atoms with E-state index in [4.69, 9.17) is 5.73 Å². The van der Waals surface area contributed by atoms with E-state index in [9.17, 15) is 14.9 Å². The van der Waals surface area contributed by atoms with Crippen molar-refractivity contribution >= 4 is 55.0 Å². The fourth-order valence-electron chi connectivity index (χ4n) is 1.54. The number of carbonyl (C=O) groups is 1. The van der Waals surface area contributed by atoms with Crippen LogP contribution in [0.4, 0.5) is 17.2 Å². The molecule has 0 saturated carbocycles. The van der Waals surface area contributed by atoms with Gasteiger partial charge in [-0.2, -0.15) is 0 Å². The Bertz CT molecular complexity index is 716. The highest BCUT2D eigenvalue weighted by Gasteiger charge is 2.18. The van der Waals surface area contributed by atoms with Crippen molar-refractivity contribution in [3.05, 3.63) is 55.1 Å². The molecule has 3 N–H and O–H groups in total. The molecule has 21 heavy (non-hydrogen) atoms. The summed E-state index contributed by atoms with van der Waals surface area (Å²) in [6, 6.07) is 6.36. The molecule has 0 aliphatic rings. The number of aromatic nitrogens is 1. The molecule has 0 aliphatic heterocycles. The molecule has 0 atom stereocenters. The zero-order valence-electron chi connectivity index (χ0n) is 10.3. The Morgan fingerprint density at radius 3 is 2.52 bits per heavy atom. The summed E-state index contributed by atoms with van der Waals surface area (Å²) in [5.74, 6) is -0.669. The van der Waals surface area contributed by atoms with E-state index in [1.807, 2.05) is 0 Å². The first kappa shape index (κ1) is 15.4. The van der Waals surface area contributed by atoms with Crippen LogP contribution in [0.25, 0.3) is 0 Å². The maximum absolute atomic E-state index is 12.2. The van der Waals surface area contributed by atoms with Crippen LogP contribution in [-0.4, -0.2) is 15.8 Å². The zero-order chi connectivity index (χ0) is 15.6. The van der Waals surface area contributed by atoms with Crippen molar-refractivity contribution in [1.29, 1.82) is 0 Å². The van der Waals surface area contributed by atoms with Gasteiger partial charge in [0.1, 0.15) is 12.0 Å². The largest absolute Gasteiger partial charge is 0.383 e. The van der Waals surface area contributed by atoms with E-state index < -0.39 is 10.8 Å². The van der Waals surface area contributed by atoms with Crippen molar-refractivity contribution in [3.63, 3.8) is 0 Å². The molecule has 0 aliphatic carbocycles. The molecule has 7 nitrogen and oxygen atoms in total. The number of nitrogen functional groups attached to an aromatic ring is 1. The van der Waals surface area contributed by atoms with Gasteiger partial charge in [0, 0.05) is 15.0 Å². The van der Waals surface area contributed by atoms with Gasteiger partial charge in [0.2, 0.25) is 0 Å². The van der Waals surface area contributed by atoms with Crippen molar-refractivity contribution in [3.8, 4) is 0 Å². The average Bonchev–Trinajstić information content (AvgIpc) is 2.43. The van der Waals surface area contributed by atoms with Crippen molar-refractivity contribution in [1.82, 2.24) is 4.98 Å². The van der Waals surface area contributed by atoms with E-state index in [0.717, 1.165) is 12.3 Å². The molecular formula is C12H8Br2N4O3. The van der Waals surface area contributed by atoms with Crippen molar-refractivity contribution in [2.24, 2.45) is 0 Å². The molecule has 1 aromatic heterocycles. The van der Waals surface area contributed by atoms with Crippen molar-refractivity contribution in [2.75, 3.05) is 11.1 Å². The Hall–Kier alpha value is -2.00. The fourth-order valence-corrected chi connectivity index (χ4v) is 2.74. The molecule has 0 radical (unpaired) electrons. The Labute approximate surface area is 136 Å². The van der Waals surface area contributed by atoms with Crippen LogP contribution in [0.5, 0.6) is 0 Å². The third-order valence-electron chi connectivity index (χ3n) is 2.56. The lowest BCUT2D eigenvalue weighted by Crippen LogP contribution is -2.16. The minimum absolute atomic E-state index is 0.0631. The number of carbonyl (C=O) groups excluding carboxylic acids is 1. The summed E-state index contributed by atoms with van der Waals surface area (Å²) in [6.45, 7) is 0. The molecule has 0 bridgehead atoms. The van der Waals surface area contributed by atoms with Gasteiger partial charge >= 0.3 is 0 Å². The van der Waals surface area contributed by atoms with E-state index in [-0.39, 0.29) is 17.1 Å². The number of anilines is 2. The molecule has 9 heteroatoms. The minimum Gasteiger partial charge on any atom is -0.383 e. The Balaban J connectivity index is 2.37. The Morgan fingerprint density at radius 2 is 1.95 bits per heavy atom. The van der Waals surface area contributed by atoms with Crippen LogP contribution in [0.1, 0.15) is 10.4 Å². The number of pyridine rings is 1. The molecule has 0 fully saturated rings. The first-order valence-corrected chi connectivity index (χ1v) is 7.14. The average molecular weight is 416 g/mol. The van der Waals surface area contributed by atoms with E-state index in [2.05, 4.69) is 42.2 Å². The minimum atomic E-state index is -0.641. The number of nitrogens with two attached hydrogens (primary N) is 1. The maximum atomic E-state index is 12.2. The maximum Gasteiger partial charge on any atom is 0.288 e. The summed E-state index contributed by atoms with van der Waals surface area (Å²) in [5, 5.41) is 13.4. The fraction of sp³-hybridized carbons (Fsp3) is 0. The van der Waals surface area contributed by atoms with Crippen LogP contribution in [-0.2, 0) is 0 Å². The van der Waals surface area contributed by atoms with Gasteiger partial charge in [-0.25, -0.2) is 4.98 Å². The Morgan fingerprint density at radius 1 is 1.33 bits per heavy atom. The van der Waals surface area contributed by atoms with E-state index in [0.29, 0.717) is 14.6 Å². The van der Waals surface area contributed by atoms with Gasteiger partial charge in [0.05, 0.1) is 16.2 Å². The molecule has 0 unspecified atom stereocenters. The van der Waals surface area contributed by atoms with Gasteiger partial charge in [-0.3, -0.25) is 14.9 Å². The second kappa shape index (κ2) is 6.19. The SMILES string of the molecule is Nc1ncc([N+](=O)[O-])cc1C(=O)Nc1c(Br)cccc1Br. The second-order valence-corrected chi connectivity index (χ2v) is 5.64. The molecule has 1 amide bonds. The van der Waals surface area contributed by atoms with Gasteiger partial charge in [-0.1, -0.05) is 6.07 Å². The van der Waals surface area contributed by atoms with E-state index in [1.165, 1.54) is 0 Å². The third kappa shape index (κ3) is 3.37. The van der Waals surface area contributed by atoms with Crippen LogP contribution >= 0.6 is 31.9 Å². The van der Waals surface area contributed by atoms with Gasteiger partial charge < -0.3 is 11.1 Å². The lowest BCUT2D eigenvalue weighted by atomic mass is 10.2. The molecular weight excluding hydrogens is 408 g/mol. The lowest BCUT2D eigenvalue weighted by Gasteiger charge is -2.10. The molecule has 1 aromatic carbocycles. The first-order chi connectivity index (χ1) is 9.90. The number of benzene rings is 1. The summed E-state index contributed by atoms with van der Waals surface area (Å²) in [5.41, 5.74) is 5.73. The quantitative estimate of drug-likeness (QED) is 0.589. The zero-order valence-corrected chi connectivity index (χ0v) is 13.5. The summed E-state index contributed by atoms with van der Waals surface area (Å²) in [6.07, 6.45) is 1.00. The monoisotopic (exact) mass is 414 g/mol. The molecule has 1 heterocycles. The first-order valence-electron chi connectivity index (χ1n) is 5.55. The number of nitro groups is 1. The standard InChI is InChI=1S/C12H8Br2N4O3/c13-8-2-1-3-9(14)10(8)17-12(19)7-4-6(18(20)21)5-16-11(7)15/h1-5H,(H2,15,16)(H,17,19). The van der Waals surface area contributed by atoms with Gasteiger partial charge in [0.15, 0.2) is 0 Å². The number of hydrogen-bond donors (Lipinski definition) is 2. The summed E-state index contributed by atoms with van der Waals surface area (Å²) >= 11 is 6.61. The number of nitrogens with zero attached hydrogens (tertiary/aromatic N) is 2.